The van der Waals surface area contributed by atoms with E-state index in [0.29, 0.717) is 23.7 Å². The highest BCUT2D eigenvalue weighted by atomic mass is 32.1. The second-order valence-electron chi connectivity index (χ2n) is 10.3. The van der Waals surface area contributed by atoms with E-state index >= 15 is 0 Å². The van der Waals surface area contributed by atoms with Crippen LogP contribution in [0.3, 0.4) is 0 Å². The molecular formula is C25H37N3O3S. The van der Waals surface area contributed by atoms with Crippen molar-refractivity contribution < 1.29 is 14.3 Å². The van der Waals surface area contributed by atoms with E-state index in [-0.39, 0.29) is 11.9 Å². The molecule has 1 aliphatic heterocycles. The third-order valence-corrected chi connectivity index (χ3v) is 9.45. The molecule has 7 heteroatoms. The van der Waals surface area contributed by atoms with Gasteiger partial charge in [0.25, 0.3) is 0 Å². The maximum atomic E-state index is 12.8. The maximum Gasteiger partial charge on any atom is 0.341 e. The van der Waals surface area contributed by atoms with E-state index in [2.05, 4.69) is 22.0 Å². The van der Waals surface area contributed by atoms with E-state index in [1.165, 1.54) is 43.4 Å². The second-order valence-corrected chi connectivity index (χ2v) is 11.4. The summed E-state index contributed by atoms with van der Waals surface area (Å²) in [5, 5.41) is 3.61. The van der Waals surface area contributed by atoms with Crippen LogP contribution in [0.25, 0.3) is 0 Å². The van der Waals surface area contributed by atoms with Gasteiger partial charge in [0, 0.05) is 37.1 Å². The van der Waals surface area contributed by atoms with Crippen LogP contribution in [0.1, 0.15) is 61.2 Å². The van der Waals surface area contributed by atoms with Gasteiger partial charge >= 0.3 is 5.97 Å². The average Bonchev–Trinajstić information content (AvgIpc) is 3.17. The lowest BCUT2D eigenvalue weighted by atomic mass is 9.54. The topological polar surface area (TPSA) is 61.9 Å². The highest BCUT2D eigenvalue weighted by Gasteiger charge is 2.50. The molecule has 4 aliphatic carbocycles. The molecule has 1 N–H and O–H groups in total. The van der Waals surface area contributed by atoms with Crippen LogP contribution < -0.4 is 5.32 Å². The molecule has 1 saturated heterocycles. The van der Waals surface area contributed by atoms with Crippen LogP contribution in [0.4, 0.5) is 5.00 Å². The molecule has 6 rings (SSSR count). The number of carbonyl (C=O) groups is 2. The Balaban J connectivity index is 1.14. The lowest BCUT2D eigenvalue weighted by Crippen LogP contribution is -2.60. The smallest absolute Gasteiger partial charge is 0.341 e. The molecule has 6 nitrogen and oxygen atoms in total. The Hall–Kier alpha value is -1.44. The molecule has 176 valence electrons. The van der Waals surface area contributed by atoms with Crippen molar-refractivity contribution in [3.05, 3.63) is 16.5 Å². The van der Waals surface area contributed by atoms with Crippen LogP contribution in [0.15, 0.2) is 6.07 Å². The number of ether oxygens (including phenoxy) is 1. The Morgan fingerprint density at radius 2 is 1.69 bits per heavy atom. The fourth-order valence-corrected chi connectivity index (χ4v) is 8.15. The first-order chi connectivity index (χ1) is 15.5. The molecular weight excluding hydrogens is 422 g/mol. The minimum absolute atomic E-state index is 0.0388. The molecule has 2 heterocycles. The minimum atomic E-state index is -0.358. The standard InChI is InChI=1S/C25H37N3O3S/c1-3-20-14-21(25(30)31-4-2)24(32-20)26-22(29)15-27-5-7-28(8-6-27)23-18-10-16-9-17(12-18)13-19(23)11-16/h14,16-19,23H,3-13,15H2,1-2H3,(H,26,29). The zero-order valence-electron chi connectivity index (χ0n) is 19.5. The second kappa shape index (κ2) is 9.43. The summed E-state index contributed by atoms with van der Waals surface area (Å²) in [6, 6.07) is 2.65. The van der Waals surface area contributed by atoms with E-state index in [4.69, 9.17) is 4.74 Å². The molecule has 0 aromatic carbocycles. The summed E-state index contributed by atoms with van der Waals surface area (Å²) in [5.74, 6) is 3.49. The van der Waals surface area contributed by atoms with E-state index in [0.717, 1.165) is 67.2 Å². The summed E-state index contributed by atoms with van der Waals surface area (Å²) in [6.07, 6.45) is 8.19. The lowest BCUT2D eigenvalue weighted by molar-refractivity contribution is -0.118. The Morgan fingerprint density at radius 1 is 1.03 bits per heavy atom. The zero-order valence-corrected chi connectivity index (χ0v) is 20.3. The molecule has 0 atom stereocenters. The fourth-order valence-electron chi connectivity index (χ4n) is 7.15. The van der Waals surface area contributed by atoms with Gasteiger partial charge in [-0.05, 0) is 75.2 Å². The lowest BCUT2D eigenvalue weighted by Gasteiger charge is -2.58. The molecule has 1 aromatic rings. The van der Waals surface area contributed by atoms with Gasteiger partial charge in [-0.25, -0.2) is 4.79 Å². The summed E-state index contributed by atoms with van der Waals surface area (Å²) in [4.78, 5) is 31.2. The maximum absolute atomic E-state index is 12.8. The Kier molecular flexibility index (Phi) is 6.59. The van der Waals surface area contributed by atoms with Gasteiger partial charge in [-0.3, -0.25) is 14.6 Å². The molecule has 0 spiro atoms. The Morgan fingerprint density at radius 3 is 2.28 bits per heavy atom. The fraction of sp³-hybridized carbons (Fsp3) is 0.760. The molecule has 5 aliphatic rings. The summed E-state index contributed by atoms with van der Waals surface area (Å²) >= 11 is 1.48. The number of aryl methyl sites for hydroxylation is 1. The van der Waals surface area contributed by atoms with Gasteiger partial charge < -0.3 is 10.1 Å². The van der Waals surface area contributed by atoms with Crippen molar-refractivity contribution in [2.75, 3.05) is 44.6 Å². The normalized spacial score (nSPS) is 32.2. The van der Waals surface area contributed by atoms with Crippen molar-refractivity contribution >= 4 is 28.2 Å². The van der Waals surface area contributed by atoms with Crippen molar-refractivity contribution in [3.63, 3.8) is 0 Å². The van der Waals surface area contributed by atoms with Crippen molar-refractivity contribution in [1.29, 1.82) is 0 Å². The quantitative estimate of drug-likeness (QED) is 0.627. The SMILES string of the molecule is CCOC(=O)c1cc(CC)sc1NC(=O)CN1CCN(C2C3CC4CC(C3)CC2C4)CC1. The number of esters is 1. The van der Waals surface area contributed by atoms with Crippen LogP contribution in [-0.2, 0) is 16.0 Å². The zero-order chi connectivity index (χ0) is 22.2. The average molecular weight is 460 g/mol. The third-order valence-electron chi connectivity index (χ3n) is 8.25. The molecule has 4 bridgehead atoms. The van der Waals surface area contributed by atoms with Crippen LogP contribution in [0.2, 0.25) is 0 Å². The van der Waals surface area contributed by atoms with Gasteiger partial charge in [-0.1, -0.05) is 6.92 Å². The summed E-state index contributed by atoms with van der Waals surface area (Å²) in [6.45, 7) is 8.62. The summed E-state index contributed by atoms with van der Waals surface area (Å²) in [5.41, 5.74) is 0.480. The number of rotatable bonds is 7. The number of piperazine rings is 1. The van der Waals surface area contributed by atoms with Crippen LogP contribution in [-0.4, -0.2) is 67.0 Å². The van der Waals surface area contributed by atoms with E-state index in [1.54, 1.807) is 6.92 Å². The molecule has 0 unspecified atom stereocenters. The Labute approximate surface area is 195 Å². The predicted molar refractivity (Wildman–Crippen MR) is 127 cm³/mol. The van der Waals surface area contributed by atoms with Gasteiger partial charge in [0.05, 0.1) is 18.7 Å². The molecule has 5 fully saturated rings. The number of hydrogen-bond acceptors (Lipinski definition) is 6. The summed E-state index contributed by atoms with van der Waals surface area (Å²) in [7, 11) is 0. The molecule has 4 saturated carbocycles. The number of nitrogens with one attached hydrogen (secondary N) is 1. The van der Waals surface area contributed by atoms with Gasteiger partial charge in [0.2, 0.25) is 5.91 Å². The Bertz CT molecular complexity index is 817. The van der Waals surface area contributed by atoms with E-state index in [1.807, 2.05) is 6.07 Å². The van der Waals surface area contributed by atoms with Crippen molar-refractivity contribution in [1.82, 2.24) is 9.80 Å². The number of anilines is 1. The van der Waals surface area contributed by atoms with E-state index < -0.39 is 0 Å². The van der Waals surface area contributed by atoms with E-state index in [9.17, 15) is 9.59 Å². The highest BCUT2D eigenvalue weighted by molar-refractivity contribution is 7.16. The van der Waals surface area contributed by atoms with Crippen molar-refractivity contribution in [2.24, 2.45) is 23.7 Å². The van der Waals surface area contributed by atoms with Gasteiger partial charge in [0.15, 0.2) is 0 Å². The van der Waals surface area contributed by atoms with Crippen molar-refractivity contribution in [2.45, 2.75) is 58.4 Å². The molecule has 1 amide bonds. The monoisotopic (exact) mass is 459 g/mol. The molecule has 0 radical (unpaired) electrons. The first-order valence-electron chi connectivity index (χ1n) is 12.6. The van der Waals surface area contributed by atoms with Crippen LogP contribution in [0, 0.1) is 23.7 Å². The number of hydrogen-bond donors (Lipinski definition) is 1. The third kappa shape index (κ3) is 4.48. The van der Waals surface area contributed by atoms with Crippen LogP contribution >= 0.6 is 11.3 Å². The van der Waals surface area contributed by atoms with Crippen LogP contribution in [0.5, 0.6) is 0 Å². The largest absolute Gasteiger partial charge is 0.462 e. The highest BCUT2D eigenvalue weighted by Crippen LogP contribution is 2.55. The number of nitrogens with zero attached hydrogens (tertiary/aromatic N) is 2. The molecule has 32 heavy (non-hydrogen) atoms. The minimum Gasteiger partial charge on any atom is -0.462 e. The van der Waals surface area contributed by atoms with Gasteiger partial charge in [0.1, 0.15) is 5.00 Å². The number of carbonyl (C=O) groups excluding carboxylic acids is 2. The van der Waals surface area contributed by atoms with Crippen molar-refractivity contribution in [3.8, 4) is 0 Å². The first kappa shape index (κ1) is 22.4. The summed E-state index contributed by atoms with van der Waals surface area (Å²) < 4.78 is 5.17. The van der Waals surface area contributed by atoms with Gasteiger partial charge in [-0.15, -0.1) is 11.3 Å². The number of thiophene rings is 1. The number of amides is 1. The van der Waals surface area contributed by atoms with Gasteiger partial charge in [-0.2, -0.15) is 0 Å². The first-order valence-corrected chi connectivity index (χ1v) is 13.4. The predicted octanol–water partition coefficient (Wildman–Crippen LogP) is 3.87. The molecule has 1 aromatic heterocycles.